The highest BCUT2D eigenvalue weighted by molar-refractivity contribution is 9.10. The van der Waals surface area contributed by atoms with Crippen LogP contribution in [0.25, 0.3) is 0 Å². The van der Waals surface area contributed by atoms with Gasteiger partial charge in [-0.2, -0.15) is 39.5 Å². The lowest BCUT2D eigenvalue weighted by atomic mass is 10.0. The summed E-state index contributed by atoms with van der Waals surface area (Å²) >= 11 is 2.74. The minimum Gasteiger partial charge on any atom is -0.320 e. The predicted octanol–water partition coefficient (Wildman–Crippen LogP) is 4.86. The van der Waals surface area contributed by atoms with E-state index in [1.807, 2.05) is 0 Å². The Bertz CT molecular complexity index is 599. The van der Waals surface area contributed by atoms with Crippen LogP contribution in [0.4, 0.5) is 45.2 Å². The highest BCUT2D eigenvalue weighted by Gasteiger charge is 2.83. The van der Waals surface area contributed by atoms with Crippen molar-refractivity contribution in [3.05, 3.63) is 28.7 Å². The van der Waals surface area contributed by atoms with Crippen LogP contribution in [0.15, 0.2) is 28.7 Å². The summed E-state index contributed by atoms with van der Waals surface area (Å²) in [5.41, 5.74) is -0.525. The van der Waals surface area contributed by atoms with Gasteiger partial charge in [0.05, 0.1) is 5.69 Å². The Hall–Kier alpha value is -1.46. The van der Waals surface area contributed by atoms with E-state index in [2.05, 4.69) is 15.9 Å². The predicted molar refractivity (Wildman–Crippen MR) is 63.7 cm³/mol. The molecule has 0 aliphatic rings. The van der Waals surface area contributed by atoms with E-state index in [4.69, 9.17) is 0 Å². The molecule has 1 rings (SSSR count). The van der Waals surface area contributed by atoms with Crippen LogP contribution < -0.4 is 5.32 Å². The second-order valence-corrected chi connectivity index (χ2v) is 5.01. The molecule has 1 aromatic carbocycles. The van der Waals surface area contributed by atoms with Gasteiger partial charge in [0, 0.05) is 4.47 Å². The lowest BCUT2D eigenvalue weighted by molar-refractivity contribution is -0.388. The maximum Gasteiger partial charge on any atom is 0.460 e. The molecular formula is C11H5BrF9NO. The first-order valence-electron chi connectivity index (χ1n) is 5.42. The summed E-state index contributed by atoms with van der Waals surface area (Å²) in [6.45, 7) is 0. The van der Waals surface area contributed by atoms with Crippen LogP contribution in [0.2, 0.25) is 0 Å². The quantitative estimate of drug-likeness (QED) is 0.696. The molecule has 0 radical (unpaired) electrons. The third-order valence-corrected chi connectivity index (χ3v) is 3.24. The van der Waals surface area contributed by atoms with Gasteiger partial charge in [0.2, 0.25) is 0 Å². The monoisotopic (exact) mass is 417 g/mol. The molecule has 1 amide bonds. The molecule has 0 saturated carbocycles. The minimum atomic E-state index is -7.12. The fourth-order valence-corrected chi connectivity index (χ4v) is 1.67. The number of carbonyl (C=O) groups is 1. The van der Waals surface area contributed by atoms with E-state index in [0.29, 0.717) is 0 Å². The van der Waals surface area contributed by atoms with Gasteiger partial charge in [-0.25, -0.2) is 0 Å². The van der Waals surface area contributed by atoms with Gasteiger partial charge in [-0.15, -0.1) is 0 Å². The summed E-state index contributed by atoms with van der Waals surface area (Å²) in [5, 5.41) is 1.16. The number of nitrogens with one attached hydrogen (secondary N) is 1. The zero-order valence-corrected chi connectivity index (χ0v) is 12.1. The molecule has 130 valence electrons. The van der Waals surface area contributed by atoms with Crippen molar-refractivity contribution >= 4 is 27.5 Å². The standard InChI is InChI=1S/C11H5BrF9NO/c12-5-3-1-2-4-6(5)22-7(23)8(13,14)9(15,16)10(17,18)11(19,20)21/h1-4H,(H,22,23). The third-order valence-electron chi connectivity index (χ3n) is 2.55. The molecule has 0 aromatic heterocycles. The van der Waals surface area contributed by atoms with Crippen LogP contribution in [-0.4, -0.2) is 29.9 Å². The van der Waals surface area contributed by atoms with Crippen molar-refractivity contribution in [1.29, 1.82) is 0 Å². The van der Waals surface area contributed by atoms with Gasteiger partial charge >= 0.3 is 29.9 Å². The van der Waals surface area contributed by atoms with Crippen molar-refractivity contribution in [2.24, 2.45) is 0 Å². The number of alkyl halides is 9. The smallest absolute Gasteiger partial charge is 0.320 e. The SMILES string of the molecule is O=C(Nc1ccccc1Br)C(F)(F)C(F)(F)C(F)(F)C(F)(F)F. The summed E-state index contributed by atoms with van der Waals surface area (Å²) < 4.78 is 114. The molecule has 0 heterocycles. The number of benzene rings is 1. The number of rotatable bonds is 4. The molecule has 0 aliphatic heterocycles. The van der Waals surface area contributed by atoms with Crippen molar-refractivity contribution in [1.82, 2.24) is 0 Å². The van der Waals surface area contributed by atoms with E-state index >= 15 is 0 Å². The van der Waals surface area contributed by atoms with Crippen LogP contribution >= 0.6 is 15.9 Å². The molecule has 0 saturated heterocycles. The number of hydrogen-bond donors (Lipinski definition) is 1. The fourth-order valence-electron chi connectivity index (χ4n) is 1.28. The van der Waals surface area contributed by atoms with Crippen molar-refractivity contribution in [2.75, 3.05) is 5.32 Å². The molecule has 0 aliphatic carbocycles. The molecule has 0 spiro atoms. The van der Waals surface area contributed by atoms with Gasteiger partial charge in [-0.05, 0) is 28.1 Å². The second kappa shape index (κ2) is 5.87. The fraction of sp³-hybridized carbons (Fsp3) is 0.364. The van der Waals surface area contributed by atoms with Crippen molar-refractivity contribution in [3.63, 3.8) is 0 Å². The van der Waals surface area contributed by atoms with Gasteiger partial charge < -0.3 is 5.32 Å². The van der Waals surface area contributed by atoms with Crippen LogP contribution in [0.3, 0.4) is 0 Å². The normalized spacial score (nSPS) is 13.8. The maximum atomic E-state index is 13.3. The first-order valence-corrected chi connectivity index (χ1v) is 6.21. The van der Waals surface area contributed by atoms with Crippen molar-refractivity contribution in [2.45, 2.75) is 23.9 Å². The van der Waals surface area contributed by atoms with Gasteiger partial charge in [0.15, 0.2) is 0 Å². The Kier molecular flexibility index (Phi) is 5.00. The topological polar surface area (TPSA) is 29.1 Å². The number of anilines is 1. The maximum absolute atomic E-state index is 13.3. The second-order valence-electron chi connectivity index (χ2n) is 4.15. The Morgan fingerprint density at radius 3 is 1.78 bits per heavy atom. The Morgan fingerprint density at radius 2 is 1.35 bits per heavy atom. The molecule has 0 fully saturated rings. The van der Waals surface area contributed by atoms with E-state index in [9.17, 15) is 44.3 Å². The molecule has 23 heavy (non-hydrogen) atoms. The summed E-state index contributed by atoms with van der Waals surface area (Å²) in [4.78, 5) is 11.1. The summed E-state index contributed by atoms with van der Waals surface area (Å²) in [6.07, 6.45) is -6.98. The lowest BCUT2D eigenvalue weighted by Crippen LogP contribution is -2.64. The summed E-state index contributed by atoms with van der Waals surface area (Å²) in [5.74, 6) is -23.5. The first-order chi connectivity index (χ1) is 10.2. The van der Waals surface area contributed by atoms with Gasteiger partial charge in [-0.1, -0.05) is 12.1 Å². The number of hydrogen-bond acceptors (Lipinski definition) is 1. The van der Waals surface area contributed by atoms with Gasteiger partial charge in [-0.3, -0.25) is 4.79 Å². The lowest BCUT2D eigenvalue weighted by Gasteiger charge is -2.32. The van der Waals surface area contributed by atoms with Crippen molar-refractivity contribution < 1.29 is 44.3 Å². The van der Waals surface area contributed by atoms with E-state index in [1.54, 1.807) is 0 Å². The van der Waals surface area contributed by atoms with Crippen molar-refractivity contribution in [3.8, 4) is 0 Å². The zero-order chi connectivity index (χ0) is 18.3. The highest BCUT2D eigenvalue weighted by Crippen LogP contribution is 2.53. The zero-order valence-electron chi connectivity index (χ0n) is 10.5. The number of halogens is 10. The first kappa shape index (κ1) is 19.6. The van der Waals surface area contributed by atoms with Gasteiger partial charge in [0.25, 0.3) is 0 Å². The van der Waals surface area contributed by atoms with E-state index < -0.39 is 35.5 Å². The largest absolute Gasteiger partial charge is 0.460 e. The average Bonchev–Trinajstić information content (AvgIpc) is 2.39. The summed E-state index contributed by atoms with van der Waals surface area (Å²) in [7, 11) is 0. The molecular weight excluding hydrogens is 413 g/mol. The van der Waals surface area contributed by atoms with E-state index in [1.165, 1.54) is 18.2 Å². The molecule has 12 heteroatoms. The Labute approximate surface area is 130 Å². The Balaban J connectivity index is 3.19. The van der Waals surface area contributed by atoms with Crippen LogP contribution in [0.1, 0.15) is 0 Å². The average molecular weight is 418 g/mol. The molecule has 0 unspecified atom stereocenters. The van der Waals surface area contributed by atoms with E-state index in [0.717, 1.165) is 11.4 Å². The van der Waals surface area contributed by atoms with Crippen LogP contribution in [-0.2, 0) is 4.79 Å². The number of carbonyl (C=O) groups excluding carboxylic acids is 1. The number of para-hydroxylation sites is 1. The molecule has 2 nitrogen and oxygen atoms in total. The highest BCUT2D eigenvalue weighted by atomic mass is 79.9. The number of amides is 1. The third kappa shape index (κ3) is 3.26. The van der Waals surface area contributed by atoms with E-state index in [-0.39, 0.29) is 4.47 Å². The summed E-state index contributed by atoms with van der Waals surface area (Å²) in [6, 6.07) is 4.61. The molecule has 1 aromatic rings. The van der Waals surface area contributed by atoms with Crippen LogP contribution in [0.5, 0.6) is 0 Å². The Morgan fingerprint density at radius 1 is 0.870 bits per heavy atom. The minimum absolute atomic E-state index is 0.0879. The molecule has 1 N–H and O–H groups in total. The van der Waals surface area contributed by atoms with Gasteiger partial charge in [0.1, 0.15) is 0 Å². The molecule has 0 atom stereocenters. The van der Waals surface area contributed by atoms with Crippen LogP contribution in [0, 0.1) is 0 Å². The molecule has 0 bridgehead atoms.